The van der Waals surface area contributed by atoms with Gasteiger partial charge in [0, 0.05) is 13.1 Å². The third-order valence-corrected chi connectivity index (χ3v) is 6.63. The first-order chi connectivity index (χ1) is 16.0. The van der Waals surface area contributed by atoms with Gasteiger partial charge in [-0.15, -0.1) is 0 Å². The Kier molecular flexibility index (Phi) is 5.25. The van der Waals surface area contributed by atoms with Gasteiger partial charge in [0.1, 0.15) is 11.4 Å². The molecule has 0 N–H and O–H groups in total. The van der Waals surface area contributed by atoms with E-state index in [0.29, 0.717) is 41.4 Å². The summed E-state index contributed by atoms with van der Waals surface area (Å²) >= 11 is 0. The first-order valence-electron chi connectivity index (χ1n) is 11.1. The number of ether oxygens (including phenoxy) is 1. The van der Waals surface area contributed by atoms with Crippen LogP contribution in [0.1, 0.15) is 27.8 Å². The average molecular weight is 439 g/mol. The van der Waals surface area contributed by atoms with Crippen molar-refractivity contribution in [3.63, 3.8) is 0 Å². The molecule has 0 aromatic heterocycles. The molecule has 33 heavy (non-hydrogen) atoms. The van der Waals surface area contributed by atoms with Crippen molar-refractivity contribution in [2.75, 3.05) is 18.6 Å². The fourth-order valence-electron chi connectivity index (χ4n) is 4.62. The SMILES string of the molecule is COc1ccc(C2=C(N3CCc4ccccc4C3)C(=O)N(c3ccc(C)c(C)c3)C2=O)cc1. The second kappa shape index (κ2) is 8.24. The third kappa shape index (κ3) is 3.59. The predicted molar refractivity (Wildman–Crippen MR) is 129 cm³/mol. The van der Waals surface area contributed by atoms with Crippen LogP contribution in [0.3, 0.4) is 0 Å². The van der Waals surface area contributed by atoms with Crippen molar-refractivity contribution < 1.29 is 14.3 Å². The number of nitrogens with zero attached hydrogens (tertiary/aromatic N) is 2. The standard InChI is InChI=1S/C28H26N2O3/c1-18-8-11-23(16-19(18)2)30-27(31)25(21-9-12-24(33-3)13-10-21)26(28(30)32)29-15-14-20-6-4-5-7-22(20)17-29/h4-13,16H,14-15,17H2,1-3H3. The van der Waals surface area contributed by atoms with Crippen LogP contribution in [-0.2, 0) is 22.6 Å². The smallest absolute Gasteiger partial charge is 0.282 e. The zero-order valence-electron chi connectivity index (χ0n) is 19.1. The number of amides is 2. The van der Waals surface area contributed by atoms with Crippen LogP contribution in [0, 0.1) is 13.8 Å². The molecule has 2 heterocycles. The van der Waals surface area contributed by atoms with E-state index in [9.17, 15) is 9.59 Å². The molecular weight excluding hydrogens is 412 g/mol. The third-order valence-electron chi connectivity index (χ3n) is 6.63. The molecule has 2 amide bonds. The summed E-state index contributed by atoms with van der Waals surface area (Å²) in [5.41, 5.74) is 6.88. The van der Waals surface area contributed by atoms with Crippen LogP contribution in [0.4, 0.5) is 5.69 Å². The first-order valence-corrected chi connectivity index (χ1v) is 11.1. The molecule has 0 unspecified atom stereocenters. The maximum absolute atomic E-state index is 13.8. The summed E-state index contributed by atoms with van der Waals surface area (Å²) in [6.07, 6.45) is 0.834. The minimum absolute atomic E-state index is 0.270. The number of hydrogen-bond acceptors (Lipinski definition) is 4. The van der Waals surface area contributed by atoms with Gasteiger partial charge in [-0.25, -0.2) is 4.90 Å². The van der Waals surface area contributed by atoms with Crippen molar-refractivity contribution in [2.45, 2.75) is 26.8 Å². The van der Waals surface area contributed by atoms with Gasteiger partial charge in [-0.05, 0) is 72.4 Å². The van der Waals surface area contributed by atoms with Crippen molar-refractivity contribution in [3.05, 3.63) is 100 Å². The highest BCUT2D eigenvalue weighted by Gasteiger charge is 2.43. The molecule has 5 heteroatoms. The summed E-state index contributed by atoms with van der Waals surface area (Å²) in [7, 11) is 1.61. The molecular formula is C28H26N2O3. The molecule has 3 aromatic carbocycles. The van der Waals surface area contributed by atoms with Crippen molar-refractivity contribution in [2.24, 2.45) is 0 Å². The Balaban J connectivity index is 1.62. The molecule has 2 aliphatic heterocycles. The minimum atomic E-state index is -0.290. The lowest BCUT2D eigenvalue weighted by Crippen LogP contribution is -2.37. The Morgan fingerprint density at radius 3 is 2.24 bits per heavy atom. The Labute approximate surface area is 193 Å². The zero-order valence-corrected chi connectivity index (χ0v) is 19.1. The van der Waals surface area contributed by atoms with Gasteiger partial charge in [-0.2, -0.15) is 0 Å². The number of aryl methyl sites for hydroxylation is 2. The molecule has 0 bridgehead atoms. The van der Waals surface area contributed by atoms with E-state index in [2.05, 4.69) is 17.0 Å². The lowest BCUT2D eigenvalue weighted by molar-refractivity contribution is -0.120. The van der Waals surface area contributed by atoms with Crippen molar-refractivity contribution in [1.29, 1.82) is 0 Å². The van der Waals surface area contributed by atoms with Crippen LogP contribution in [0.15, 0.2) is 72.4 Å². The van der Waals surface area contributed by atoms with Crippen LogP contribution in [-0.4, -0.2) is 30.4 Å². The summed E-state index contributed by atoms with van der Waals surface area (Å²) < 4.78 is 5.29. The van der Waals surface area contributed by atoms with Crippen LogP contribution in [0.25, 0.3) is 5.57 Å². The average Bonchev–Trinajstić information content (AvgIpc) is 3.10. The van der Waals surface area contributed by atoms with E-state index >= 15 is 0 Å². The van der Waals surface area contributed by atoms with Crippen LogP contribution in [0.2, 0.25) is 0 Å². The summed E-state index contributed by atoms with van der Waals surface area (Å²) in [5.74, 6) is 0.145. The van der Waals surface area contributed by atoms with Gasteiger partial charge in [0.05, 0.1) is 18.4 Å². The topological polar surface area (TPSA) is 49.9 Å². The Morgan fingerprint density at radius 1 is 0.818 bits per heavy atom. The largest absolute Gasteiger partial charge is 0.497 e. The molecule has 3 aromatic rings. The summed E-state index contributed by atoms with van der Waals surface area (Å²) in [5, 5.41) is 0. The van der Waals surface area contributed by atoms with Gasteiger partial charge in [0.15, 0.2) is 0 Å². The van der Waals surface area contributed by atoms with E-state index in [1.807, 2.05) is 68.4 Å². The zero-order chi connectivity index (χ0) is 23.1. The maximum Gasteiger partial charge on any atom is 0.282 e. The Bertz CT molecular complexity index is 1290. The number of methoxy groups -OCH3 is 1. The molecule has 0 spiro atoms. The number of benzene rings is 3. The molecule has 0 fully saturated rings. The molecule has 166 valence electrons. The number of fused-ring (bicyclic) bond motifs is 1. The fraction of sp³-hybridized carbons (Fsp3) is 0.214. The normalized spacial score (nSPS) is 15.8. The molecule has 2 aliphatic rings. The molecule has 0 aliphatic carbocycles. The van der Waals surface area contributed by atoms with Crippen LogP contribution in [0.5, 0.6) is 5.75 Å². The lowest BCUT2D eigenvalue weighted by atomic mass is 9.98. The number of hydrogen-bond donors (Lipinski definition) is 0. The van der Waals surface area contributed by atoms with E-state index in [4.69, 9.17) is 4.74 Å². The Morgan fingerprint density at radius 2 is 1.55 bits per heavy atom. The van der Waals surface area contributed by atoms with Gasteiger partial charge in [-0.3, -0.25) is 9.59 Å². The number of carbonyl (C=O) groups excluding carboxylic acids is 2. The minimum Gasteiger partial charge on any atom is -0.497 e. The molecule has 0 radical (unpaired) electrons. The monoisotopic (exact) mass is 438 g/mol. The van der Waals surface area contributed by atoms with Gasteiger partial charge in [0.2, 0.25) is 0 Å². The van der Waals surface area contributed by atoms with Gasteiger partial charge in [-0.1, -0.05) is 42.5 Å². The molecule has 5 nitrogen and oxygen atoms in total. The van der Waals surface area contributed by atoms with Crippen molar-refractivity contribution in [1.82, 2.24) is 4.90 Å². The molecule has 0 saturated heterocycles. The van der Waals surface area contributed by atoms with Gasteiger partial charge < -0.3 is 9.64 Å². The molecule has 0 atom stereocenters. The fourth-order valence-corrected chi connectivity index (χ4v) is 4.62. The predicted octanol–water partition coefficient (Wildman–Crippen LogP) is 4.65. The number of carbonyl (C=O) groups is 2. The lowest BCUT2D eigenvalue weighted by Gasteiger charge is -2.31. The van der Waals surface area contributed by atoms with E-state index in [1.165, 1.54) is 16.0 Å². The summed E-state index contributed by atoms with van der Waals surface area (Å²) in [6.45, 7) is 5.30. The van der Waals surface area contributed by atoms with Crippen LogP contribution < -0.4 is 9.64 Å². The highest BCUT2D eigenvalue weighted by molar-refractivity contribution is 6.45. The maximum atomic E-state index is 13.8. The van der Waals surface area contributed by atoms with Gasteiger partial charge >= 0.3 is 0 Å². The van der Waals surface area contributed by atoms with E-state index < -0.39 is 0 Å². The quantitative estimate of drug-likeness (QED) is 0.556. The second-order valence-electron chi connectivity index (χ2n) is 8.61. The summed E-state index contributed by atoms with van der Waals surface area (Å²) in [4.78, 5) is 30.9. The number of imide groups is 1. The second-order valence-corrected chi connectivity index (χ2v) is 8.61. The molecule has 0 saturated carbocycles. The summed E-state index contributed by atoms with van der Waals surface area (Å²) in [6, 6.07) is 21.3. The van der Waals surface area contributed by atoms with E-state index in [0.717, 1.165) is 17.5 Å². The number of anilines is 1. The van der Waals surface area contributed by atoms with E-state index in [1.54, 1.807) is 7.11 Å². The van der Waals surface area contributed by atoms with Crippen molar-refractivity contribution >= 4 is 23.1 Å². The number of rotatable bonds is 4. The van der Waals surface area contributed by atoms with E-state index in [-0.39, 0.29) is 11.8 Å². The molecule has 5 rings (SSSR count). The first kappa shape index (κ1) is 21.0. The highest BCUT2D eigenvalue weighted by Crippen LogP contribution is 2.37. The van der Waals surface area contributed by atoms with Gasteiger partial charge in [0.25, 0.3) is 11.8 Å². The highest BCUT2D eigenvalue weighted by atomic mass is 16.5. The Hall–Kier alpha value is -3.86. The van der Waals surface area contributed by atoms with Crippen molar-refractivity contribution in [3.8, 4) is 5.75 Å². The van der Waals surface area contributed by atoms with Crippen LogP contribution >= 0.6 is 0 Å².